The first-order chi connectivity index (χ1) is 6.02. The van der Waals surface area contributed by atoms with Crippen LogP contribution in [0.1, 0.15) is 20.8 Å². The Morgan fingerprint density at radius 2 is 2.00 bits per heavy atom. The maximum Gasteiger partial charge on any atom is 0.304 e. The Labute approximate surface area is 77.2 Å². The zero-order valence-corrected chi connectivity index (χ0v) is 8.07. The van der Waals surface area contributed by atoms with E-state index in [1.807, 2.05) is 6.92 Å². The lowest BCUT2D eigenvalue weighted by molar-refractivity contribution is -0.172. The van der Waals surface area contributed by atoms with Gasteiger partial charge in [-0.15, -0.1) is 0 Å². The largest absolute Gasteiger partial charge is 0.436 e. The van der Waals surface area contributed by atoms with Crippen molar-refractivity contribution < 1.29 is 19.1 Å². The van der Waals surface area contributed by atoms with E-state index in [1.54, 1.807) is 0 Å². The number of rotatable bonds is 2. The molecule has 1 aliphatic rings. The summed E-state index contributed by atoms with van der Waals surface area (Å²) in [6.45, 7) is 5.07. The summed E-state index contributed by atoms with van der Waals surface area (Å²) in [6.07, 6.45) is -0.550. The summed E-state index contributed by atoms with van der Waals surface area (Å²) >= 11 is 0. The summed E-state index contributed by atoms with van der Waals surface area (Å²) in [5, 5.41) is 0. The average Bonchev–Trinajstić information content (AvgIpc) is 2.32. The van der Waals surface area contributed by atoms with Gasteiger partial charge in [-0.05, 0) is 6.92 Å². The number of esters is 1. The van der Waals surface area contributed by atoms with Crippen LogP contribution in [-0.4, -0.2) is 24.6 Å². The molecular weight excluding hydrogens is 172 g/mol. The second-order valence-electron chi connectivity index (χ2n) is 3.39. The van der Waals surface area contributed by atoms with E-state index in [4.69, 9.17) is 9.47 Å². The Morgan fingerprint density at radius 3 is 2.38 bits per heavy atom. The first kappa shape index (κ1) is 10.2. The zero-order chi connectivity index (χ0) is 10.0. The molecule has 0 N–H and O–H groups in total. The molecule has 4 nitrogen and oxygen atoms in total. The van der Waals surface area contributed by atoms with Crippen LogP contribution in [0.15, 0.2) is 0 Å². The van der Waals surface area contributed by atoms with Gasteiger partial charge in [-0.3, -0.25) is 9.59 Å². The predicted octanol–water partition coefficient (Wildman–Crippen LogP) is 0.747. The fourth-order valence-corrected chi connectivity index (χ4v) is 1.48. The maximum absolute atomic E-state index is 11.1. The van der Waals surface area contributed by atoms with Gasteiger partial charge in [-0.1, -0.05) is 6.92 Å². The minimum atomic E-state index is -0.550. The highest BCUT2D eigenvalue weighted by molar-refractivity contribution is 5.79. The second kappa shape index (κ2) is 3.87. The van der Waals surface area contributed by atoms with Crippen molar-refractivity contribution in [2.45, 2.75) is 27.1 Å². The monoisotopic (exact) mass is 186 g/mol. The van der Waals surface area contributed by atoms with Crippen molar-refractivity contribution in [3.05, 3.63) is 0 Å². The summed E-state index contributed by atoms with van der Waals surface area (Å²) in [7, 11) is 0. The van der Waals surface area contributed by atoms with E-state index in [1.165, 1.54) is 13.8 Å². The van der Waals surface area contributed by atoms with Crippen LogP contribution in [0.5, 0.6) is 0 Å². The molecule has 1 heterocycles. The smallest absolute Gasteiger partial charge is 0.304 e. The van der Waals surface area contributed by atoms with Gasteiger partial charge in [0.25, 0.3) is 0 Å². The third kappa shape index (κ3) is 2.28. The standard InChI is InChI=1S/C9H14O4/c1-5-8(6(2)10)4-12-9(5)13-7(3)11/h5,8-9H,4H2,1-3H3/t5-,8-,9-/m1/s1. The Bertz CT molecular complexity index is 224. The molecule has 0 amide bonds. The molecule has 13 heavy (non-hydrogen) atoms. The summed E-state index contributed by atoms with van der Waals surface area (Å²) in [6, 6.07) is 0. The molecule has 0 aromatic rings. The van der Waals surface area contributed by atoms with Crippen molar-refractivity contribution in [3.63, 3.8) is 0 Å². The summed E-state index contributed by atoms with van der Waals surface area (Å²) in [5.74, 6) is -0.464. The molecule has 1 rings (SSSR count). The van der Waals surface area contributed by atoms with E-state index >= 15 is 0 Å². The van der Waals surface area contributed by atoms with E-state index in [2.05, 4.69) is 0 Å². The SMILES string of the molecule is CC(=O)O[C@H]1OC[C@@H](C(C)=O)[C@H]1C. The highest BCUT2D eigenvalue weighted by atomic mass is 16.7. The first-order valence-electron chi connectivity index (χ1n) is 4.31. The second-order valence-corrected chi connectivity index (χ2v) is 3.39. The van der Waals surface area contributed by atoms with Crippen LogP contribution in [0.2, 0.25) is 0 Å². The third-order valence-electron chi connectivity index (χ3n) is 2.31. The van der Waals surface area contributed by atoms with Crippen LogP contribution >= 0.6 is 0 Å². The highest BCUT2D eigenvalue weighted by Crippen LogP contribution is 2.28. The lowest BCUT2D eigenvalue weighted by atomic mass is 9.93. The van der Waals surface area contributed by atoms with Crippen molar-refractivity contribution in [1.82, 2.24) is 0 Å². The van der Waals surface area contributed by atoms with Crippen molar-refractivity contribution in [1.29, 1.82) is 0 Å². The highest BCUT2D eigenvalue weighted by Gasteiger charge is 2.38. The minimum absolute atomic E-state index is 0.0404. The molecular formula is C9H14O4. The lowest BCUT2D eigenvalue weighted by Gasteiger charge is -2.15. The van der Waals surface area contributed by atoms with E-state index in [-0.39, 0.29) is 23.6 Å². The number of ketones is 1. The predicted molar refractivity (Wildman–Crippen MR) is 44.8 cm³/mol. The Morgan fingerprint density at radius 1 is 1.38 bits per heavy atom. The molecule has 0 bridgehead atoms. The van der Waals surface area contributed by atoms with Gasteiger partial charge in [0.1, 0.15) is 5.78 Å². The average molecular weight is 186 g/mol. The summed E-state index contributed by atoms with van der Waals surface area (Å²) in [4.78, 5) is 21.7. The van der Waals surface area contributed by atoms with Gasteiger partial charge >= 0.3 is 5.97 Å². The molecule has 0 unspecified atom stereocenters. The van der Waals surface area contributed by atoms with E-state index < -0.39 is 6.29 Å². The number of Topliss-reactive ketones (excluding diaryl/α,β-unsaturated/α-hetero) is 1. The van der Waals surface area contributed by atoms with Gasteiger partial charge in [0.2, 0.25) is 6.29 Å². The lowest BCUT2D eigenvalue weighted by Crippen LogP contribution is -2.25. The van der Waals surface area contributed by atoms with E-state index in [0.29, 0.717) is 6.61 Å². The van der Waals surface area contributed by atoms with E-state index in [9.17, 15) is 9.59 Å². The molecule has 1 saturated heterocycles. The van der Waals surface area contributed by atoms with Gasteiger partial charge in [-0.25, -0.2) is 0 Å². The molecule has 0 aromatic carbocycles. The van der Waals surface area contributed by atoms with Crippen molar-refractivity contribution >= 4 is 11.8 Å². The molecule has 0 spiro atoms. The normalized spacial score (nSPS) is 33.0. The number of hydrogen-bond donors (Lipinski definition) is 0. The van der Waals surface area contributed by atoms with Gasteiger partial charge in [0.15, 0.2) is 0 Å². The molecule has 0 saturated carbocycles. The van der Waals surface area contributed by atoms with Crippen LogP contribution in [0, 0.1) is 11.8 Å². The topological polar surface area (TPSA) is 52.6 Å². The summed E-state index contributed by atoms with van der Waals surface area (Å²) < 4.78 is 10.1. The van der Waals surface area contributed by atoms with Gasteiger partial charge < -0.3 is 9.47 Å². The van der Waals surface area contributed by atoms with Crippen molar-refractivity contribution in [2.24, 2.45) is 11.8 Å². The van der Waals surface area contributed by atoms with Gasteiger partial charge in [0.05, 0.1) is 6.61 Å². The van der Waals surface area contributed by atoms with Crippen LogP contribution < -0.4 is 0 Å². The Balaban J connectivity index is 2.54. The molecule has 4 heteroatoms. The van der Waals surface area contributed by atoms with Gasteiger partial charge in [0, 0.05) is 18.8 Å². The quantitative estimate of drug-likeness (QED) is 0.597. The van der Waals surface area contributed by atoms with Crippen LogP contribution in [0.3, 0.4) is 0 Å². The zero-order valence-electron chi connectivity index (χ0n) is 8.07. The molecule has 0 aromatic heterocycles. The fraction of sp³-hybridized carbons (Fsp3) is 0.778. The Kier molecular flexibility index (Phi) is 3.03. The van der Waals surface area contributed by atoms with Crippen molar-refractivity contribution in [2.75, 3.05) is 6.61 Å². The molecule has 74 valence electrons. The number of carbonyl (C=O) groups is 2. The van der Waals surface area contributed by atoms with Crippen LogP contribution in [-0.2, 0) is 19.1 Å². The fourth-order valence-electron chi connectivity index (χ4n) is 1.48. The van der Waals surface area contributed by atoms with E-state index in [0.717, 1.165) is 0 Å². The number of hydrogen-bond acceptors (Lipinski definition) is 4. The molecule has 1 fully saturated rings. The molecule has 0 radical (unpaired) electrons. The van der Waals surface area contributed by atoms with Crippen LogP contribution in [0.4, 0.5) is 0 Å². The Hall–Kier alpha value is -0.900. The first-order valence-corrected chi connectivity index (χ1v) is 4.31. The third-order valence-corrected chi connectivity index (χ3v) is 2.31. The minimum Gasteiger partial charge on any atom is -0.436 e. The van der Waals surface area contributed by atoms with Crippen molar-refractivity contribution in [3.8, 4) is 0 Å². The molecule has 0 aliphatic carbocycles. The van der Waals surface area contributed by atoms with Crippen LogP contribution in [0.25, 0.3) is 0 Å². The molecule has 3 atom stereocenters. The molecule has 1 aliphatic heterocycles. The summed E-state index contributed by atoms with van der Waals surface area (Å²) in [5.41, 5.74) is 0. The number of carbonyl (C=O) groups excluding carboxylic acids is 2. The maximum atomic E-state index is 11.1. The number of ether oxygens (including phenoxy) is 2. The van der Waals surface area contributed by atoms with Gasteiger partial charge in [-0.2, -0.15) is 0 Å².